The van der Waals surface area contributed by atoms with E-state index in [0.29, 0.717) is 12.2 Å². The Kier molecular flexibility index (Phi) is 6.54. The summed E-state index contributed by atoms with van der Waals surface area (Å²) in [5, 5.41) is 3.20. The topological polar surface area (TPSA) is 84.5 Å². The number of sulfonamides is 1. The molecule has 7 heteroatoms. The molecular formula is C19H22N2O4S. The lowest BCUT2D eigenvalue weighted by molar-refractivity contribution is -0.138. The Morgan fingerprint density at radius 3 is 2.08 bits per heavy atom. The molecule has 26 heavy (non-hydrogen) atoms. The third-order valence-electron chi connectivity index (χ3n) is 3.61. The fourth-order valence-corrected chi connectivity index (χ4v) is 2.95. The van der Waals surface area contributed by atoms with Crippen LogP contribution < -0.4 is 10.0 Å². The highest BCUT2D eigenvalue weighted by molar-refractivity contribution is 7.89. The minimum atomic E-state index is -3.44. The normalized spacial score (nSPS) is 11.9. The molecule has 2 aromatic rings. The third kappa shape index (κ3) is 5.18. The van der Waals surface area contributed by atoms with E-state index in [0.717, 1.165) is 16.9 Å². The van der Waals surface area contributed by atoms with Crippen molar-refractivity contribution in [1.29, 1.82) is 0 Å². The zero-order valence-corrected chi connectivity index (χ0v) is 15.8. The second kappa shape index (κ2) is 8.64. The van der Waals surface area contributed by atoms with Crippen molar-refractivity contribution in [1.82, 2.24) is 4.72 Å². The van der Waals surface area contributed by atoms with Gasteiger partial charge in [-0.1, -0.05) is 12.1 Å². The molecular weight excluding hydrogens is 352 g/mol. The lowest BCUT2D eigenvalue weighted by Crippen LogP contribution is -2.18. The third-order valence-corrected chi connectivity index (χ3v) is 5.04. The van der Waals surface area contributed by atoms with Crippen LogP contribution >= 0.6 is 0 Å². The van der Waals surface area contributed by atoms with Crippen LogP contribution in [-0.4, -0.2) is 28.0 Å². The van der Waals surface area contributed by atoms with Crippen LogP contribution in [0, 0.1) is 0 Å². The van der Waals surface area contributed by atoms with Gasteiger partial charge < -0.3 is 10.1 Å². The molecule has 2 N–H and O–H groups in total. The first-order valence-electron chi connectivity index (χ1n) is 8.12. The number of esters is 1. The van der Waals surface area contributed by atoms with Crippen LogP contribution in [0.1, 0.15) is 19.4 Å². The van der Waals surface area contributed by atoms with Crippen LogP contribution in [-0.2, 0) is 19.6 Å². The second-order valence-electron chi connectivity index (χ2n) is 5.53. The fourth-order valence-electron chi connectivity index (χ4n) is 2.22. The van der Waals surface area contributed by atoms with Crippen molar-refractivity contribution in [2.24, 2.45) is 0 Å². The van der Waals surface area contributed by atoms with E-state index in [2.05, 4.69) is 10.0 Å². The predicted molar refractivity (Wildman–Crippen MR) is 103 cm³/mol. The highest BCUT2D eigenvalue weighted by Gasteiger charge is 2.10. The van der Waals surface area contributed by atoms with E-state index in [4.69, 9.17) is 4.74 Å². The van der Waals surface area contributed by atoms with Crippen LogP contribution in [0.3, 0.4) is 0 Å². The Bertz CT molecular complexity index is 886. The number of nitrogens with one attached hydrogen (secondary N) is 2. The molecule has 0 atom stereocenters. The van der Waals surface area contributed by atoms with Crippen molar-refractivity contribution < 1.29 is 17.9 Å². The van der Waals surface area contributed by atoms with E-state index in [1.165, 1.54) is 19.2 Å². The first kappa shape index (κ1) is 19.7. The molecule has 0 fully saturated rings. The van der Waals surface area contributed by atoms with E-state index in [9.17, 15) is 13.2 Å². The van der Waals surface area contributed by atoms with Crippen molar-refractivity contribution in [3.63, 3.8) is 0 Å². The SMILES string of the molecule is CCOC(=O)C(C)=Cc1ccc(Nc2ccc(S(=O)(=O)NC)cc2)cc1. The number of benzene rings is 2. The highest BCUT2D eigenvalue weighted by atomic mass is 32.2. The molecule has 0 saturated carbocycles. The van der Waals surface area contributed by atoms with Gasteiger partial charge in [-0.2, -0.15) is 0 Å². The van der Waals surface area contributed by atoms with Crippen LogP contribution in [0.2, 0.25) is 0 Å². The maximum Gasteiger partial charge on any atom is 0.333 e. The summed E-state index contributed by atoms with van der Waals surface area (Å²) < 4.78 is 30.7. The van der Waals surface area contributed by atoms with Gasteiger partial charge in [-0.25, -0.2) is 17.9 Å². The summed E-state index contributed by atoms with van der Waals surface area (Å²) in [7, 11) is -2.06. The van der Waals surface area contributed by atoms with Crippen LogP contribution in [0.25, 0.3) is 6.08 Å². The number of hydrogen-bond donors (Lipinski definition) is 2. The van der Waals surface area contributed by atoms with Gasteiger partial charge in [0.1, 0.15) is 0 Å². The van der Waals surface area contributed by atoms with Crippen molar-refractivity contribution in [3.05, 3.63) is 59.7 Å². The first-order valence-corrected chi connectivity index (χ1v) is 9.60. The number of rotatable bonds is 7. The van der Waals surface area contributed by atoms with E-state index < -0.39 is 10.0 Å². The summed E-state index contributed by atoms with van der Waals surface area (Å²) in [5.41, 5.74) is 3.04. The van der Waals surface area contributed by atoms with Crippen LogP contribution in [0.15, 0.2) is 59.0 Å². The van der Waals surface area contributed by atoms with Gasteiger partial charge in [0.25, 0.3) is 0 Å². The smallest absolute Gasteiger partial charge is 0.333 e. The Morgan fingerprint density at radius 1 is 1.04 bits per heavy atom. The molecule has 0 aliphatic rings. The minimum Gasteiger partial charge on any atom is -0.463 e. The molecule has 2 aromatic carbocycles. The largest absolute Gasteiger partial charge is 0.463 e. The summed E-state index contributed by atoms with van der Waals surface area (Å²) in [6.45, 7) is 3.83. The van der Waals surface area contributed by atoms with E-state index in [-0.39, 0.29) is 10.9 Å². The lowest BCUT2D eigenvalue weighted by Gasteiger charge is -2.08. The molecule has 0 aliphatic carbocycles. The number of carbonyl (C=O) groups is 1. The van der Waals surface area contributed by atoms with Gasteiger partial charge in [-0.15, -0.1) is 0 Å². The zero-order chi connectivity index (χ0) is 19.2. The van der Waals surface area contributed by atoms with E-state index in [1.807, 2.05) is 24.3 Å². The number of anilines is 2. The average Bonchev–Trinajstić information content (AvgIpc) is 2.64. The Hall–Kier alpha value is -2.64. The summed E-state index contributed by atoms with van der Waals surface area (Å²) in [5.74, 6) is -0.327. The maximum absolute atomic E-state index is 11.7. The van der Waals surface area contributed by atoms with Gasteiger partial charge in [0.05, 0.1) is 11.5 Å². The van der Waals surface area contributed by atoms with Gasteiger partial charge in [0, 0.05) is 16.9 Å². The van der Waals surface area contributed by atoms with Crippen LogP contribution in [0.4, 0.5) is 11.4 Å². The molecule has 2 rings (SSSR count). The van der Waals surface area contributed by atoms with Crippen molar-refractivity contribution in [3.8, 4) is 0 Å². The van der Waals surface area contributed by atoms with Gasteiger partial charge in [0.15, 0.2) is 0 Å². The number of carbonyl (C=O) groups excluding carboxylic acids is 1. The predicted octanol–water partition coefficient (Wildman–Crippen LogP) is 3.30. The standard InChI is InChI=1S/C19H22N2O4S/c1-4-25-19(22)14(2)13-15-5-7-16(8-6-15)21-17-9-11-18(12-10-17)26(23,24)20-3/h5-13,20-21H,4H2,1-3H3. The van der Waals surface area contributed by atoms with Crippen LogP contribution in [0.5, 0.6) is 0 Å². The monoisotopic (exact) mass is 374 g/mol. The molecule has 0 aliphatic heterocycles. The highest BCUT2D eigenvalue weighted by Crippen LogP contribution is 2.20. The first-order chi connectivity index (χ1) is 12.4. The summed E-state index contributed by atoms with van der Waals surface area (Å²) in [6.07, 6.45) is 1.76. The zero-order valence-electron chi connectivity index (χ0n) is 14.9. The second-order valence-corrected chi connectivity index (χ2v) is 7.41. The van der Waals surface area contributed by atoms with Gasteiger partial charge in [-0.3, -0.25) is 0 Å². The molecule has 138 valence electrons. The lowest BCUT2D eigenvalue weighted by atomic mass is 10.1. The van der Waals surface area contributed by atoms with Gasteiger partial charge >= 0.3 is 5.97 Å². The Labute approximate surface area is 153 Å². The molecule has 0 aromatic heterocycles. The molecule has 0 saturated heterocycles. The van der Waals surface area contributed by atoms with E-state index in [1.54, 1.807) is 32.1 Å². The summed E-state index contributed by atoms with van der Waals surface area (Å²) in [6, 6.07) is 14.0. The molecule has 6 nitrogen and oxygen atoms in total. The van der Waals surface area contributed by atoms with Crippen molar-refractivity contribution in [2.45, 2.75) is 18.7 Å². The Morgan fingerprint density at radius 2 is 1.58 bits per heavy atom. The molecule has 0 heterocycles. The molecule has 0 radical (unpaired) electrons. The molecule has 0 bridgehead atoms. The van der Waals surface area contributed by atoms with E-state index >= 15 is 0 Å². The quantitative estimate of drug-likeness (QED) is 0.574. The number of hydrogen-bond acceptors (Lipinski definition) is 5. The average molecular weight is 374 g/mol. The van der Waals surface area contributed by atoms with Gasteiger partial charge in [0.2, 0.25) is 10.0 Å². The molecule has 0 spiro atoms. The minimum absolute atomic E-state index is 0.209. The van der Waals surface area contributed by atoms with Crippen molar-refractivity contribution >= 4 is 33.4 Å². The summed E-state index contributed by atoms with van der Waals surface area (Å²) in [4.78, 5) is 11.8. The van der Waals surface area contributed by atoms with Crippen molar-refractivity contribution in [2.75, 3.05) is 19.0 Å². The Balaban J connectivity index is 2.08. The number of ether oxygens (including phenoxy) is 1. The summed E-state index contributed by atoms with van der Waals surface area (Å²) >= 11 is 0. The molecule has 0 unspecified atom stereocenters. The van der Waals surface area contributed by atoms with Gasteiger partial charge in [-0.05, 0) is 68.9 Å². The fraction of sp³-hybridized carbons (Fsp3) is 0.211. The molecule has 0 amide bonds. The maximum atomic E-state index is 11.7.